The number of nitrogens with one attached hydrogen (secondary N) is 1. The van der Waals surface area contributed by atoms with Crippen LogP contribution < -0.4 is 10.2 Å². The number of nitrogens with zero attached hydrogens (tertiary/aromatic N) is 2. The number of anilines is 1. The molecule has 0 atom stereocenters. The summed E-state index contributed by atoms with van der Waals surface area (Å²) in [6.07, 6.45) is 0. The Morgan fingerprint density at radius 3 is 2.68 bits per heavy atom. The summed E-state index contributed by atoms with van der Waals surface area (Å²) in [6.45, 7) is 3.35. The predicted molar refractivity (Wildman–Crippen MR) is 74.1 cm³/mol. The molecule has 0 aromatic heterocycles. The fourth-order valence-electron chi connectivity index (χ4n) is 1.91. The van der Waals surface area contributed by atoms with Crippen molar-refractivity contribution in [3.05, 3.63) is 29.3 Å². The molecule has 1 aromatic rings. The van der Waals surface area contributed by atoms with E-state index in [2.05, 4.69) is 5.32 Å². The Labute approximate surface area is 117 Å². The zero-order chi connectivity index (χ0) is 13.8. The molecule has 1 saturated heterocycles. The number of likely N-dealkylation sites (N-methyl/N-ethyl adjacent to an activating group) is 1. The highest BCUT2D eigenvalue weighted by molar-refractivity contribution is 6.30. The second-order valence-electron chi connectivity index (χ2n) is 4.31. The van der Waals surface area contributed by atoms with E-state index >= 15 is 0 Å². The number of halogens is 1. The Hall–Kier alpha value is -1.59. The molecule has 2 amide bonds. The Morgan fingerprint density at radius 2 is 2.05 bits per heavy atom. The van der Waals surface area contributed by atoms with Gasteiger partial charge >= 0.3 is 0 Å². The van der Waals surface area contributed by atoms with Crippen molar-refractivity contribution in [2.75, 3.05) is 31.2 Å². The first-order chi connectivity index (χ1) is 9.11. The van der Waals surface area contributed by atoms with Gasteiger partial charge in [0.25, 0.3) is 0 Å². The van der Waals surface area contributed by atoms with Gasteiger partial charge < -0.3 is 10.2 Å². The number of benzene rings is 1. The van der Waals surface area contributed by atoms with Gasteiger partial charge in [0.05, 0.1) is 6.54 Å². The van der Waals surface area contributed by atoms with Crippen LogP contribution in [0.5, 0.6) is 0 Å². The SMILES string of the molecule is CCNCC(=O)N1CC(=O)N(c2ccc(Cl)cc2)C1. The van der Waals surface area contributed by atoms with Crippen molar-refractivity contribution >= 4 is 29.1 Å². The van der Waals surface area contributed by atoms with Gasteiger partial charge in [0.15, 0.2) is 0 Å². The lowest BCUT2D eigenvalue weighted by Gasteiger charge is -2.18. The first-order valence-electron chi connectivity index (χ1n) is 6.16. The molecule has 0 unspecified atom stereocenters. The summed E-state index contributed by atoms with van der Waals surface area (Å²) in [6, 6.07) is 7.01. The van der Waals surface area contributed by atoms with E-state index in [9.17, 15) is 9.59 Å². The van der Waals surface area contributed by atoms with Gasteiger partial charge in [-0.3, -0.25) is 14.5 Å². The molecule has 1 aliphatic heterocycles. The molecule has 1 aliphatic rings. The van der Waals surface area contributed by atoms with Crippen molar-refractivity contribution in [2.24, 2.45) is 0 Å². The quantitative estimate of drug-likeness (QED) is 0.899. The maximum absolute atomic E-state index is 11.9. The van der Waals surface area contributed by atoms with Crippen LogP contribution in [0.3, 0.4) is 0 Å². The third-order valence-corrected chi connectivity index (χ3v) is 3.21. The summed E-state index contributed by atoms with van der Waals surface area (Å²) in [5, 5.41) is 3.58. The maximum atomic E-state index is 11.9. The Kier molecular flexibility index (Phi) is 4.39. The zero-order valence-electron chi connectivity index (χ0n) is 10.7. The van der Waals surface area contributed by atoms with Crippen molar-refractivity contribution in [2.45, 2.75) is 6.92 Å². The fraction of sp³-hybridized carbons (Fsp3) is 0.385. The van der Waals surface area contributed by atoms with Crippen molar-refractivity contribution < 1.29 is 9.59 Å². The molecule has 1 fully saturated rings. The van der Waals surface area contributed by atoms with Crippen LogP contribution >= 0.6 is 11.6 Å². The summed E-state index contributed by atoms with van der Waals surface area (Å²) in [4.78, 5) is 26.9. The van der Waals surface area contributed by atoms with Crippen LogP contribution in [0.25, 0.3) is 0 Å². The normalized spacial score (nSPS) is 15.2. The van der Waals surface area contributed by atoms with E-state index in [4.69, 9.17) is 11.6 Å². The second-order valence-corrected chi connectivity index (χ2v) is 4.75. The Bertz CT molecular complexity index is 475. The van der Waals surface area contributed by atoms with E-state index < -0.39 is 0 Å². The topological polar surface area (TPSA) is 52.7 Å². The lowest BCUT2D eigenvalue weighted by Crippen LogP contribution is -2.37. The van der Waals surface area contributed by atoms with Gasteiger partial charge in [-0.15, -0.1) is 0 Å². The number of carbonyl (C=O) groups excluding carboxylic acids is 2. The maximum Gasteiger partial charge on any atom is 0.248 e. The third kappa shape index (κ3) is 3.24. The first-order valence-corrected chi connectivity index (χ1v) is 6.54. The van der Waals surface area contributed by atoms with Crippen molar-refractivity contribution in [1.82, 2.24) is 10.2 Å². The minimum absolute atomic E-state index is 0.0633. The van der Waals surface area contributed by atoms with Gasteiger partial charge in [0, 0.05) is 10.7 Å². The molecular weight excluding hydrogens is 266 g/mol. The lowest BCUT2D eigenvalue weighted by atomic mass is 10.3. The van der Waals surface area contributed by atoms with Gasteiger partial charge in [-0.05, 0) is 30.8 Å². The van der Waals surface area contributed by atoms with Gasteiger partial charge in [0.1, 0.15) is 13.2 Å². The molecule has 6 heteroatoms. The highest BCUT2D eigenvalue weighted by Gasteiger charge is 2.31. The van der Waals surface area contributed by atoms with Crippen molar-refractivity contribution in [1.29, 1.82) is 0 Å². The van der Waals surface area contributed by atoms with E-state index in [1.165, 1.54) is 0 Å². The van der Waals surface area contributed by atoms with Crippen LogP contribution in [-0.2, 0) is 9.59 Å². The lowest BCUT2D eigenvalue weighted by molar-refractivity contribution is -0.130. The first kappa shape index (κ1) is 13.8. The van der Waals surface area contributed by atoms with E-state index in [0.29, 0.717) is 11.7 Å². The van der Waals surface area contributed by atoms with Crippen LogP contribution in [0.1, 0.15) is 6.92 Å². The van der Waals surface area contributed by atoms with E-state index in [1.807, 2.05) is 6.92 Å². The number of hydrogen-bond acceptors (Lipinski definition) is 3. The van der Waals surface area contributed by atoms with Gasteiger partial charge in [-0.2, -0.15) is 0 Å². The number of amides is 2. The molecule has 0 spiro atoms. The van der Waals surface area contributed by atoms with Crippen LogP contribution in [0, 0.1) is 0 Å². The summed E-state index contributed by atoms with van der Waals surface area (Å²) in [5.74, 6) is -0.140. The van der Waals surface area contributed by atoms with Crippen LogP contribution in [0.2, 0.25) is 5.02 Å². The van der Waals surface area contributed by atoms with Crippen LogP contribution in [0.4, 0.5) is 5.69 Å². The number of hydrogen-bond donors (Lipinski definition) is 1. The molecule has 1 aromatic carbocycles. The Balaban J connectivity index is 2.03. The molecule has 1 N–H and O–H groups in total. The molecule has 0 aliphatic carbocycles. The van der Waals surface area contributed by atoms with E-state index in [0.717, 1.165) is 12.2 Å². The van der Waals surface area contributed by atoms with Gasteiger partial charge in [-0.1, -0.05) is 18.5 Å². The summed E-state index contributed by atoms with van der Waals surface area (Å²) in [7, 11) is 0. The minimum atomic E-state index is -0.0767. The second kappa shape index (κ2) is 6.04. The van der Waals surface area contributed by atoms with Crippen molar-refractivity contribution in [3.63, 3.8) is 0 Å². The fourth-order valence-corrected chi connectivity index (χ4v) is 2.03. The van der Waals surface area contributed by atoms with Gasteiger partial charge in [0.2, 0.25) is 11.8 Å². The molecule has 1 heterocycles. The minimum Gasteiger partial charge on any atom is -0.314 e. The highest BCUT2D eigenvalue weighted by Crippen LogP contribution is 2.21. The largest absolute Gasteiger partial charge is 0.314 e. The van der Waals surface area contributed by atoms with Crippen LogP contribution in [-0.4, -0.2) is 43.0 Å². The standard InChI is InChI=1S/C13H16ClN3O2/c1-2-15-7-12(18)16-8-13(19)17(9-16)11-5-3-10(14)4-6-11/h3-6,15H,2,7-9H2,1H3. The van der Waals surface area contributed by atoms with Crippen LogP contribution in [0.15, 0.2) is 24.3 Å². The number of rotatable bonds is 4. The molecule has 19 heavy (non-hydrogen) atoms. The molecular formula is C13H16ClN3O2. The summed E-state index contributed by atoms with van der Waals surface area (Å²) in [5.41, 5.74) is 0.758. The average Bonchev–Trinajstić information content (AvgIpc) is 2.79. The summed E-state index contributed by atoms with van der Waals surface area (Å²) >= 11 is 5.81. The number of carbonyl (C=O) groups is 2. The summed E-state index contributed by atoms with van der Waals surface area (Å²) < 4.78 is 0. The Morgan fingerprint density at radius 1 is 1.37 bits per heavy atom. The highest BCUT2D eigenvalue weighted by atomic mass is 35.5. The van der Waals surface area contributed by atoms with E-state index in [-0.39, 0.29) is 24.9 Å². The molecule has 5 nitrogen and oxygen atoms in total. The van der Waals surface area contributed by atoms with Crippen molar-refractivity contribution in [3.8, 4) is 0 Å². The molecule has 0 radical (unpaired) electrons. The van der Waals surface area contributed by atoms with Gasteiger partial charge in [-0.25, -0.2) is 0 Å². The zero-order valence-corrected chi connectivity index (χ0v) is 11.5. The molecule has 0 bridgehead atoms. The van der Waals surface area contributed by atoms with E-state index in [1.54, 1.807) is 34.1 Å². The smallest absolute Gasteiger partial charge is 0.248 e. The average molecular weight is 282 g/mol. The monoisotopic (exact) mass is 281 g/mol. The predicted octanol–water partition coefficient (Wildman–Crippen LogP) is 1.08. The molecule has 102 valence electrons. The molecule has 2 rings (SSSR count). The molecule has 0 saturated carbocycles. The third-order valence-electron chi connectivity index (χ3n) is 2.96.